The second kappa shape index (κ2) is 11.8. The molecule has 0 N–H and O–H groups in total. The number of unbranched alkanes of at least 4 members (excludes halogenated alkanes) is 3. The van der Waals surface area contributed by atoms with Gasteiger partial charge in [0.15, 0.2) is 6.29 Å². The first-order chi connectivity index (χ1) is 13.0. The molecule has 2 rings (SSSR count). The van der Waals surface area contributed by atoms with Crippen LogP contribution in [0.4, 0.5) is 0 Å². The van der Waals surface area contributed by atoms with Gasteiger partial charge >= 0.3 is 0 Å². The Hall–Kier alpha value is -0.900. The van der Waals surface area contributed by atoms with E-state index < -0.39 is 0 Å². The van der Waals surface area contributed by atoms with Crippen LogP contribution in [0.3, 0.4) is 0 Å². The molecule has 1 fully saturated rings. The van der Waals surface area contributed by atoms with Crippen LogP contribution < -0.4 is 0 Å². The van der Waals surface area contributed by atoms with Gasteiger partial charge in [-0.1, -0.05) is 83.7 Å². The number of hydrogen-bond acceptors (Lipinski definition) is 3. The van der Waals surface area contributed by atoms with Crippen molar-refractivity contribution < 1.29 is 14.2 Å². The molecule has 3 heteroatoms. The van der Waals surface area contributed by atoms with Gasteiger partial charge in [-0.05, 0) is 24.8 Å². The molecule has 0 aromatic heterocycles. The second-order valence-electron chi connectivity index (χ2n) is 8.98. The summed E-state index contributed by atoms with van der Waals surface area (Å²) in [4.78, 5) is 0. The molecule has 0 unspecified atom stereocenters. The molecule has 0 bridgehead atoms. The predicted octanol–water partition coefficient (Wildman–Crippen LogP) is 6.50. The minimum atomic E-state index is -0.0994. The van der Waals surface area contributed by atoms with Gasteiger partial charge < -0.3 is 14.2 Å². The molecule has 0 amide bonds. The summed E-state index contributed by atoms with van der Waals surface area (Å²) < 4.78 is 18.4. The van der Waals surface area contributed by atoms with E-state index in [1.807, 2.05) is 6.07 Å². The van der Waals surface area contributed by atoms with Crippen molar-refractivity contribution in [2.24, 2.45) is 5.41 Å². The van der Waals surface area contributed by atoms with E-state index in [0.717, 1.165) is 32.3 Å². The number of ether oxygens (including phenoxy) is 3. The Morgan fingerprint density at radius 1 is 0.926 bits per heavy atom. The highest BCUT2D eigenvalue weighted by molar-refractivity contribution is 5.13. The predicted molar refractivity (Wildman–Crippen MR) is 112 cm³/mol. The molecular weight excluding hydrogens is 336 g/mol. The third kappa shape index (κ3) is 8.76. The topological polar surface area (TPSA) is 27.7 Å². The van der Waals surface area contributed by atoms with E-state index in [9.17, 15) is 0 Å². The van der Waals surface area contributed by atoms with Crippen LogP contribution in [0, 0.1) is 5.41 Å². The van der Waals surface area contributed by atoms with Crippen LogP contribution in [-0.2, 0) is 20.8 Å². The van der Waals surface area contributed by atoms with E-state index in [2.05, 4.69) is 52.0 Å². The Labute approximate surface area is 166 Å². The molecule has 1 aliphatic rings. The van der Waals surface area contributed by atoms with Crippen molar-refractivity contribution in [3.63, 3.8) is 0 Å². The fraction of sp³-hybridized carbons (Fsp3) is 0.750. The molecule has 0 aliphatic carbocycles. The smallest absolute Gasteiger partial charge is 0.163 e. The van der Waals surface area contributed by atoms with Gasteiger partial charge in [0.1, 0.15) is 0 Å². The average Bonchev–Trinajstić information content (AvgIpc) is 2.65. The first kappa shape index (κ1) is 22.4. The van der Waals surface area contributed by atoms with Gasteiger partial charge in [0.05, 0.1) is 18.8 Å². The molecule has 1 heterocycles. The summed E-state index contributed by atoms with van der Waals surface area (Å²) in [6.45, 7) is 10.4. The van der Waals surface area contributed by atoms with Crippen molar-refractivity contribution >= 4 is 0 Å². The maximum atomic E-state index is 6.30. The number of rotatable bonds is 11. The van der Waals surface area contributed by atoms with E-state index in [1.165, 1.54) is 31.2 Å². The fourth-order valence-electron chi connectivity index (χ4n) is 3.54. The zero-order chi connectivity index (χ0) is 19.5. The van der Waals surface area contributed by atoms with Crippen molar-refractivity contribution in [2.75, 3.05) is 6.61 Å². The molecule has 3 nitrogen and oxygen atoms in total. The van der Waals surface area contributed by atoms with Crippen molar-refractivity contribution in [3.05, 3.63) is 35.9 Å². The first-order valence-corrected chi connectivity index (χ1v) is 10.9. The van der Waals surface area contributed by atoms with Crippen molar-refractivity contribution in [3.8, 4) is 0 Å². The molecule has 1 aliphatic heterocycles. The van der Waals surface area contributed by atoms with E-state index >= 15 is 0 Å². The highest BCUT2D eigenvalue weighted by Crippen LogP contribution is 2.34. The SMILES string of the molecule is CCCCCC[C@H]1C[C@H](CCCOCc2ccccc2)O[C@@H](C(C)(C)C)O1. The highest BCUT2D eigenvalue weighted by atomic mass is 16.7. The molecule has 1 saturated heterocycles. The Morgan fingerprint density at radius 3 is 2.22 bits per heavy atom. The minimum absolute atomic E-state index is 0.0180. The summed E-state index contributed by atoms with van der Waals surface area (Å²) in [5.41, 5.74) is 1.25. The van der Waals surface area contributed by atoms with Gasteiger partial charge in [-0.2, -0.15) is 0 Å². The summed E-state index contributed by atoms with van der Waals surface area (Å²) >= 11 is 0. The second-order valence-corrected chi connectivity index (χ2v) is 8.98. The van der Waals surface area contributed by atoms with E-state index in [0.29, 0.717) is 18.8 Å². The molecule has 27 heavy (non-hydrogen) atoms. The summed E-state index contributed by atoms with van der Waals surface area (Å²) in [6, 6.07) is 10.4. The average molecular weight is 377 g/mol. The Bertz CT molecular complexity index is 494. The van der Waals surface area contributed by atoms with Crippen LogP contribution >= 0.6 is 0 Å². The van der Waals surface area contributed by atoms with Gasteiger partial charge in [0.2, 0.25) is 0 Å². The van der Waals surface area contributed by atoms with Gasteiger partial charge in [0.25, 0.3) is 0 Å². The summed E-state index contributed by atoms with van der Waals surface area (Å²) in [6.07, 6.45) is 10.0. The monoisotopic (exact) mass is 376 g/mol. The lowest BCUT2D eigenvalue weighted by atomic mass is 9.93. The van der Waals surface area contributed by atoms with Gasteiger partial charge in [-0.25, -0.2) is 0 Å². The molecule has 1 aromatic carbocycles. The summed E-state index contributed by atoms with van der Waals surface area (Å²) in [5.74, 6) is 0. The van der Waals surface area contributed by atoms with Crippen molar-refractivity contribution in [2.45, 2.75) is 104 Å². The molecule has 0 saturated carbocycles. The molecular formula is C24H40O3. The highest BCUT2D eigenvalue weighted by Gasteiger charge is 2.36. The van der Waals surface area contributed by atoms with Gasteiger partial charge in [-0.15, -0.1) is 0 Å². The Balaban J connectivity index is 1.72. The maximum absolute atomic E-state index is 6.30. The lowest BCUT2D eigenvalue weighted by Crippen LogP contribution is -2.44. The van der Waals surface area contributed by atoms with E-state index in [-0.39, 0.29) is 11.7 Å². The number of hydrogen-bond donors (Lipinski definition) is 0. The zero-order valence-electron chi connectivity index (χ0n) is 17.9. The van der Waals surface area contributed by atoms with Crippen LogP contribution in [0.15, 0.2) is 30.3 Å². The molecule has 154 valence electrons. The van der Waals surface area contributed by atoms with Crippen LogP contribution in [0.25, 0.3) is 0 Å². The molecule has 0 spiro atoms. The van der Waals surface area contributed by atoms with E-state index in [1.54, 1.807) is 0 Å². The molecule has 0 radical (unpaired) electrons. The van der Waals surface area contributed by atoms with Crippen LogP contribution in [0.1, 0.15) is 84.6 Å². The Morgan fingerprint density at radius 2 is 1.59 bits per heavy atom. The normalized spacial score (nSPS) is 23.5. The van der Waals surface area contributed by atoms with Crippen LogP contribution in [0.2, 0.25) is 0 Å². The Kier molecular flexibility index (Phi) is 9.81. The zero-order valence-corrected chi connectivity index (χ0v) is 17.9. The third-order valence-corrected chi connectivity index (χ3v) is 5.17. The van der Waals surface area contributed by atoms with Crippen molar-refractivity contribution in [1.29, 1.82) is 0 Å². The third-order valence-electron chi connectivity index (χ3n) is 5.17. The maximum Gasteiger partial charge on any atom is 0.163 e. The van der Waals surface area contributed by atoms with E-state index in [4.69, 9.17) is 14.2 Å². The quantitative estimate of drug-likeness (QED) is 0.413. The minimum Gasteiger partial charge on any atom is -0.377 e. The van der Waals surface area contributed by atoms with Crippen LogP contribution in [-0.4, -0.2) is 25.1 Å². The van der Waals surface area contributed by atoms with Crippen LogP contribution in [0.5, 0.6) is 0 Å². The first-order valence-electron chi connectivity index (χ1n) is 10.9. The molecule has 3 atom stereocenters. The summed E-state index contributed by atoms with van der Waals surface area (Å²) in [7, 11) is 0. The standard InChI is InChI=1S/C24H40O3/c1-5-6-7-11-15-21-18-22(27-23(26-21)24(2,3)4)16-12-17-25-19-20-13-9-8-10-14-20/h8-10,13-14,21-23H,5-7,11-12,15-19H2,1-4H3/t21-,22-,23-/m0/s1. The number of benzene rings is 1. The lowest BCUT2D eigenvalue weighted by Gasteiger charge is -2.41. The summed E-state index contributed by atoms with van der Waals surface area (Å²) in [5, 5.41) is 0. The molecule has 1 aromatic rings. The largest absolute Gasteiger partial charge is 0.377 e. The fourth-order valence-corrected chi connectivity index (χ4v) is 3.54. The van der Waals surface area contributed by atoms with Gasteiger partial charge in [0, 0.05) is 18.4 Å². The van der Waals surface area contributed by atoms with Crippen molar-refractivity contribution in [1.82, 2.24) is 0 Å². The van der Waals surface area contributed by atoms with Gasteiger partial charge in [-0.3, -0.25) is 0 Å². The lowest BCUT2D eigenvalue weighted by molar-refractivity contribution is -0.281.